The standard InChI is InChI=1S/C22H23N3O3S2/c1-16-6-9-20(10-7-16)30(27,28)25(21-11-8-17(2)13-18(21)3)15-22(26)24-23-14-19-5-4-12-29-19/h4-14H,15H2,1-3H3,(H,24,26)/b23-14-. The molecular formula is C22H23N3O3S2. The quantitative estimate of drug-likeness (QED) is 0.444. The molecule has 1 amide bonds. The van der Waals surface area contributed by atoms with Gasteiger partial charge in [0.25, 0.3) is 15.9 Å². The van der Waals surface area contributed by atoms with Gasteiger partial charge in [0.05, 0.1) is 16.8 Å². The zero-order chi connectivity index (χ0) is 21.7. The molecule has 8 heteroatoms. The van der Waals surface area contributed by atoms with E-state index in [2.05, 4.69) is 10.5 Å². The molecule has 0 saturated heterocycles. The highest BCUT2D eigenvalue weighted by molar-refractivity contribution is 7.92. The Morgan fingerprint density at radius 2 is 1.77 bits per heavy atom. The average Bonchev–Trinajstić information content (AvgIpc) is 3.20. The molecule has 1 heterocycles. The first-order chi connectivity index (χ1) is 14.3. The zero-order valence-electron chi connectivity index (χ0n) is 17.0. The number of carbonyl (C=O) groups excluding carboxylic acids is 1. The van der Waals surface area contributed by atoms with Gasteiger partial charge in [0, 0.05) is 4.88 Å². The number of hydrogen-bond acceptors (Lipinski definition) is 5. The third-order valence-electron chi connectivity index (χ3n) is 4.44. The minimum Gasteiger partial charge on any atom is -0.271 e. The highest BCUT2D eigenvalue weighted by Crippen LogP contribution is 2.27. The van der Waals surface area contributed by atoms with Crippen molar-refractivity contribution in [2.75, 3.05) is 10.8 Å². The maximum Gasteiger partial charge on any atom is 0.264 e. The van der Waals surface area contributed by atoms with Crippen LogP contribution in [0.15, 0.2) is 70.0 Å². The Morgan fingerprint density at radius 3 is 2.40 bits per heavy atom. The minimum absolute atomic E-state index is 0.128. The van der Waals surface area contributed by atoms with Gasteiger partial charge in [-0.1, -0.05) is 41.5 Å². The number of carbonyl (C=O) groups is 1. The molecule has 1 N–H and O–H groups in total. The van der Waals surface area contributed by atoms with E-state index in [9.17, 15) is 13.2 Å². The van der Waals surface area contributed by atoms with Crippen LogP contribution in [0.25, 0.3) is 0 Å². The van der Waals surface area contributed by atoms with Crippen molar-refractivity contribution in [3.8, 4) is 0 Å². The number of anilines is 1. The van der Waals surface area contributed by atoms with Gasteiger partial charge in [-0.15, -0.1) is 11.3 Å². The Balaban J connectivity index is 1.91. The van der Waals surface area contributed by atoms with E-state index >= 15 is 0 Å². The second kappa shape index (κ2) is 9.23. The Kier molecular flexibility index (Phi) is 6.69. The van der Waals surface area contributed by atoms with Crippen molar-refractivity contribution in [2.45, 2.75) is 25.7 Å². The lowest BCUT2D eigenvalue weighted by atomic mass is 10.1. The molecular weight excluding hydrogens is 418 g/mol. The number of hydrazone groups is 1. The summed E-state index contributed by atoms with van der Waals surface area (Å²) in [6.45, 7) is 5.26. The molecule has 0 atom stereocenters. The van der Waals surface area contributed by atoms with Gasteiger partial charge in [0.1, 0.15) is 6.54 Å². The van der Waals surface area contributed by atoms with Crippen LogP contribution in [0.3, 0.4) is 0 Å². The van der Waals surface area contributed by atoms with Gasteiger partial charge in [-0.2, -0.15) is 5.10 Å². The van der Waals surface area contributed by atoms with Crippen LogP contribution in [0.5, 0.6) is 0 Å². The molecule has 156 valence electrons. The number of rotatable bonds is 7. The predicted octanol–water partition coefficient (Wildman–Crippen LogP) is 4.02. The lowest BCUT2D eigenvalue weighted by Crippen LogP contribution is -2.40. The summed E-state index contributed by atoms with van der Waals surface area (Å²) in [6.07, 6.45) is 1.53. The van der Waals surface area contributed by atoms with E-state index in [-0.39, 0.29) is 11.4 Å². The van der Waals surface area contributed by atoms with Crippen LogP contribution in [0, 0.1) is 20.8 Å². The van der Waals surface area contributed by atoms with E-state index in [1.54, 1.807) is 30.3 Å². The van der Waals surface area contributed by atoms with Crippen molar-refractivity contribution in [1.29, 1.82) is 0 Å². The fourth-order valence-corrected chi connectivity index (χ4v) is 4.99. The van der Waals surface area contributed by atoms with Gasteiger partial charge in [0.2, 0.25) is 0 Å². The second-order valence-corrected chi connectivity index (χ2v) is 9.76. The number of nitrogens with one attached hydrogen (secondary N) is 1. The van der Waals surface area contributed by atoms with Crippen LogP contribution in [-0.2, 0) is 14.8 Å². The third kappa shape index (κ3) is 5.14. The molecule has 0 aliphatic rings. The first-order valence-electron chi connectivity index (χ1n) is 9.29. The monoisotopic (exact) mass is 441 g/mol. The second-order valence-electron chi connectivity index (χ2n) is 6.92. The molecule has 0 aliphatic carbocycles. The summed E-state index contributed by atoms with van der Waals surface area (Å²) in [7, 11) is -3.95. The van der Waals surface area contributed by atoms with Crippen LogP contribution in [-0.4, -0.2) is 27.1 Å². The number of nitrogens with zero attached hydrogens (tertiary/aromatic N) is 2. The molecule has 0 fully saturated rings. The summed E-state index contributed by atoms with van der Waals surface area (Å²) in [6, 6.07) is 15.7. The van der Waals surface area contributed by atoms with Crippen molar-refractivity contribution >= 4 is 39.2 Å². The fourth-order valence-electron chi connectivity index (χ4n) is 2.92. The zero-order valence-corrected chi connectivity index (χ0v) is 18.6. The largest absolute Gasteiger partial charge is 0.271 e. The number of benzene rings is 2. The highest BCUT2D eigenvalue weighted by Gasteiger charge is 2.28. The van der Waals surface area contributed by atoms with Crippen LogP contribution in [0.4, 0.5) is 5.69 Å². The van der Waals surface area contributed by atoms with Crippen LogP contribution in [0.1, 0.15) is 21.6 Å². The lowest BCUT2D eigenvalue weighted by Gasteiger charge is -2.25. The predicted molar refractivity (Wildman–Crippen MR) is 122 cm³/mol. The molecule has 0 saturated carbocycles. The van der Waals surface area contributed by atoms with E-state index < -0.39 is 15.9 Å². The molecule has 3 rings (SSSR count). The van der Waals surface area contributed by atoms with Crippen molar-refractivity contribution in [3.05, 3.63) is 81.5 Å². The summed E-state index contributed by atoms with van der Waals surface area (Å²) >= 11 is 1.48. The first-order valence-corrected chi connectivity index (χ1v) is 11.6. The fraction of sp³-hybridized carbons (Fsp3) is 0.182. The summed E-state index contributed by atoms with van der Waals surface area (Å²) < 4.78 is 27.9. The van der Waals surface area contributed by atoms with E-state index in [4.69, 9.17) is 0 Å². The molecule has 0 bridgehead atoms. The molecule has 0 unspecified atom stereocenters. The van der Waals surface area contributed by atoms with Crippen LogP contribution < -0.4 is 9.73 Å². The van der Waals surface area contributed by atoms with Crippen molar-refractivity contribution in [3.63, 3.8) is 0 Å². The van der Waals surface area contributed by atoms with E-state index in [1.807, 2.05) is 50.4 Å². The molecule has 0 radical (unpaired) electrons. The van der Waals surface area contributed by atoms with Crippen LogP contribution in [0.2, 0.25) is 0 Å². The molecule has 0 spiro atoms. The third-order valence-corrected chi connectivity index (χ3v) is 7.02. The number of amides is 1. The van der Waals surface area contributed by atoms with E-state index in [0.717, 1.165) is 25.9 Å². The summed E-state index contributed by atoms with van der Waals surface area (Å²) in [5, 5.41) is 5.83. The van der Waals surface area contributed by atoms with Gasteiger partial charge in [0.15, 0.2) is 0 Å². The Bertz CT molecular complexity index is 1150. The number of sulfonamides is 1. The summed E-state index contributed by atoms with van der Waals surface area (Å²) in [5.74, 6) is -0.529. The normalized spacial score (nSPS) is 11.6. The molecule has 2 aromatic carbocycles. The van der Waals surface area contributed by atoms with Crippen LogP contribution >= 0.6 is 11.3 Å². The lowest BCUT2D eigenvalue weighted by molar-refractivity contribution is -0.119. The Hall–Kier alpha value is -2.97. The van der Waals surface area contributed by atoms with Crippen molar-refractivity contribution in [2.24, 2.45) is 5.10 Å². The molecule has 6 nitrogen and oxygen atoms in total. The molecule has 0 aliphatic heterocycles. The van der Waals surface area contributed by atoms with Gasteiger partial charge in [-0.3, -0.25) is 9.10 Å². The number of thiophene rings is 1. The van der Waals surface area contributed by atoms with Gasteiger partial charge in [-0.05, 0) is 56.0 Å². The Labute approximate surface area is 180 Å². The van der Waals surface area contributed by atoms with E-state index in [0.29, 0.717) is 5.69 Å². The SMILES string of the molecule is Cc1ccc(S(=O)(=O)N(CC(=O)N/N=C\c2cccs2)c2ccc(C)cc2C)cc1. The maximum absolute atomic E-state index is 13.4. The molecule has 30 heavy (non-hydrogen) atoms. The van der Waals surface area contributed by atoms with Crippen molar-refractivity contribution < 1.29 is 13.2 Å². The topological polar surface area (TPSA) is 78.8 Å². The average molecular weight is 442 g/mol. The van der Waals surface area contributed by atoms with Crippen molar-refractivity contribution in [1.82, 2.24) is 5.43 Å². The first kappa shape index (κ1) is 21.7. The smallest absolute Gasteiger partial charge is 0.264 e. The Morgan fingerprint density at radius 1 is 1.07 bits per heavy atom. The summed E-state index contributed by atoms with van der Waals surface area (Å²) in [5.41, 5.74) is 5.60. The number of hydrogen-bond donors (Lipinski definition) is 1. The van der Waals surface area contributed by atoms with Gasteiger partial charge in [-0.25, -0.2) is 13.8 Å². The minimum atomic E-state index is -3.95. The maximum atomic E-state index is 13.4. The molecule has 3 aromatic rings. The van der Waals surface area contributed by atoms with Gasteiger partial charge >= 0.3 is 0 Å². The molecule has 1 aromatic heterocycles. The van der Waals surface area contributed by atoms with Gasteiger partial charge < -0.3 is 0 Å². The summed E-state index contributed by atoms with van der Waals surface area (Å²) in [4.78, 5) is 13.5. The highest BCUT2D eigenvalue weighted by atomic mass is 32.2. The number of aryl methyl sites for hydroxylation is 3. The van der Waals surface area contributed by atoms with E-state index in [1.165, 1.54) is 17.6 Å².